The third kappa shape index (κ3) is 5.91. The van der Waals surface area contributed by atoms with Gasteiger partial charge in [0.1, 0.15) is 0 Å². The van der Waals surface area contributed by atoms with Crippen molar-refractivity contribution in [3.63, 3.8) is 0 Å². The highest BCUT2D eigenvalue weighted by Crippen LogP contribution is 2.20. The first kappa shape index (κ1) is 12.8. The fraction of sp³-hybridized carbons (Fsp3) is 1.00. The Balaban J connectivity index is 3.77. The molecule has 0 saturated heterocycles. The van der Waals surface area contributed by atoms with Crippen molar-refractivity contribution < 1.29 is 13.2 Å². The molecule has 0 aliphatic carbocycles. The molecule has 13 heavy (non-hydrogen) atoms. The molecule has 0 heterocycles. The molecule has 0 aliphatic rings. The monoisotopic (exact) mass is 197 g/mol. The number of halogens is 3. The Kier molecular flexibility index (Phi) is 4.23. The van der Waals surface area contributed by atoms with Crippen LogP contribution in [0.25, 0.3) is 0 Å². The minimum absolute atomic E-state index is 0.00528. The van der Waals surface area contributed by atoms with Crippen molar-refractivity contribution in [2.75, 3.05) is 6.54 Å². The predicted molar refractivity (Wildman–Crippen MR) is 47.6 cm³/mol. The summed E-state index contributed by atoms with van der Waals surface area (Å²) in [7, 11) is 0. The molecule has 0 aromatic heterocycles. The van der Waals surface area contributed by atoms with E-state index in [1.54, 1.807) is 0 Å². The topological polar surface area (TPSA) is 12.0 Å². The zero-order valence-corrected chi connectivity index (χ0v) is 8.63. The first-order valence-corrected chi connectivity index (χ1v) is 4.47. The Hall–Kier alpha value is -0.250. The number of nitrogens with one attached hydrogen (secondary N) is 1. The van der Waals surface area contributed by atoms with Gasteiger partial charge in [0, 0.05) is 12.1 Å². The van der Waals surface area contributed by atoms with Crippen LogP contribution in [0.3, 0.4) is 0 Å². The van der Waals surface area contributed by atoms with Crippen LogP contribution in [0, 0.1) is 5.92 Å². The maximum absolute atomic E-state index is 11.8. The standard InChI is InChI=1S/C9H18F3N/c1-7(2)8(3,4)13-6-5-9(10,11)12/h7,13H,5-6H2,1-4H3. The molecule has 0 radical (unpaired) electrons. The van der Waals surface area contributed by atoms with Gasteiger partial charge in [0.2, 0.25) is 0 Å². The molecule has 1 N–H and O–H groups in total. The number of hydrogen-bond donors (Lipinski definition) is 1. The third-order valence-corrected chi connectivity index (χ3v) is 2.43. The largest absolute Gasteiger partial charge is 0.390 e. The quantitative estimate of drug-likeness (QED) is 0.730. The summed E-state index contributed by atoms with van der Waals surface area (Å²) < 4.78 is 35.4. The van der Waals surface area contributed by atoms with Crippen molar-refractivity contribution in [1.29, 1.82) is 0 Å². The summed E-state index contributed by atoms with van der Waals surface area (Å²) in [5.74, 6) is 0.320. The lowest BCUT2D eigenvalue weighted by Gasteiger charge is -2.30. The fourth-order valence-corrected chi connectivity index (χ4v) is 0.731. The van der Waals surface area contributed by atoms with Gasteiger partial charge in [-0.25, -0.2) is 0 Å². The van der Waals surface area contributed by atoms with Crippen LogP contribution in [-0.4, -0.2) is 18.3 Å². The average Bonchev–Trinajstić information content (AvgIpc) is 1.82. The van der Waals surface area contributed by atoms with E-state index >= 15 is 0 Å². The molecule has 0 fully saturated rings. The van der Waals surface area contributed by atoms with Gasteiger partial charge in [0.15, 0.2) is 0 Å². The highest BCUT2D eigenvalue weighted by Gasteiger charge is 2.28. The SMILES string of the molecule is CC(C)C(C)(C)NCCC(F)(F)F. The van der Waals surface area contributed by atoms with Crippen molar-refractivity contribution in [1.82, 2.24) is 5.32 Å². The van der Waals surface area contributed by atoms with E-state index in [0.29, 0.717) is 5.92 Å². The highest BCUT2D eigenvalue weighted by atomic mass is 19.4. The molecular formula is C9H18F3N. The van der Waals surface area contributed by atoms with Gasteiger partial charge in [-0.3, -0.25) is 0 Å². The zero-order chi connectivity index (χ0) is 10.7. The van der Waals surface area contributed by atoms with Gasteiger partial charge in [-0.1, -0.05) is 13.8 Å². The molecule has 0 spiro atoms. The lowest BCUT2D eigenvalue weighted by atomic mass is 9.91. The van der Waals surface area contributed by atoms with E-state index in [0.717, 1.165) is 0 Å². The Labute approximate surface area is 77.7 Å². The molecule has 0 saturated carbocycles. The number of alkyl halides is 3. The molecule has 80 valence electrons. The van der Waals surface area contributed by atoms with Crippen LogP contribution in [0.1, 0.15) is 34.1 Å². The predicted octanol–water partition coefficient (Wildman–Crippen LogP) is 2.96. The molecule has 0 bridgehead atoms. The molecule has 0 atom stereocenters. The smallest absolute Gasteiger partial charge is 0.311 e. The van der Waals surface area contributed by atoms with Crippen LogP contribution in [0.15, 0.2) is 0 Å². The molecule has 0 unspecified atom stereocenters. The van der Waals surface area contributed by atoms with Gasteiger partial charge in [0.25, 0.3) is 0 Å². The van der Waals surface area contributed by atoms with E-state index in [4.69, 9.17) is 0 Å². The van der Waals surface area contributed by atoms with E-state index in [1.165, 1.54) is 0 Å². The fourth-order valence-electron chi connectivity index (χ4n) is 0.731. The van der Waals surface area contributed by atoms with Gasteiger partial charge < -0.3 is 5.32 Å². The first-order valence-electron chi connectivity index (χ1n) is 4.47. The summed E-state index contributed by atoms with van der Waals surface area (Å²) in [5.41, 5.74) is -0.231. The summed E-state index contributed by atoms with van der Waals surface area (Å²) in [4.78, 5) is 0. The second-order valence-electron chi connectivity index (χ2n) is 4.17. The van der Waals surface area contributed by atoms with Crippen LogP contribution >= 0.6 is 0 Å². The Morgan fingerprint density at radius 3 is 1.92 bits per heavy atom. The summed E-state index contributed by atoms with van der Waals surface area (Å²) in [5, 5.41) is 2.89. The van der Waals surface area contributed by atoms with Crippen LogP contribution in [0.2, 0.25) is 0 Å². The molecule has 1 nitrogen and oxygen atoms in total. The molecular weight excluding hydrogens is 179 g/mol. The van der Waals surface area contributed by atoms with Gasteiger partial charge in [-0.15, -0.1) is 0 Å². The lowest BCUT2D eigenvalue weighted by Crippen LogP contribution is -2.45. The van der Waals surface area contributed by atoms with Crippen molar-refractivity contribution in [2.45, 2.75) is 45.8 Å². The Morgan fingerprint density at radius 1 is 1.15 bits per heavy atom. The molecule has 0 amide bonds. The summed E-state index contributed by atoms with van der Waals surface area (Å²) >= 11 is 0. The van der Waals surface area contributed by atoms with Crippen LogP contribution in [0.5, 0.6) is 0 Å². The van der Waals surface area contributed by atoms with Crippen molar-refractivity contribution in [3.05, 3.63) is 0 Å². The van der Waals surface area contributed by atoms with Gasteiger partial charge >= 0.3 is 6.18 Å². The Morgan fingerprint density at radius 2 is 1.62 bits per heavy atom. The number of rotatable bonds is 4. The normalized spacial score (nSPS) is 13.8. The molecule has 0 aromatic carbocycles. The molecule has 0 aromatic rings. The maximum atomic E-state index is 11.8. The number of hydrogen-bond acceptors (Lipinski definition) is 1. The third-order valence-electron chi connectivity index (χ3n) is 2.43. The van der Waals surface area contributed by atoms with Crippen molar-refractivity contribution >= 4 is 0 Å². The summed E-state index contributed by atoms with van der Waals surface area (Å²) in [6.45, 7) is 7.79. The van der Waals surface area contributed by atoms with E-state index in [1.807, 2.05) is 27.7 Å². The van der Waals surface area contributed by atoms with Crippen molar-refractivity contribution in [3.8, 4) is 0 Å². The molecule has 4 heteroatoms. The molecule has 0 rings (SSSR count). The van der Waals surface area contributed by atoms with E-state index in [9.17, 15) is 13.2 Å². The lowest BCUT2D eigenvalue weighted by molar-refractivity contribution is -0.134. The molecule has 0 aliphatic heterocycles. The first-order chi connectivity index (χ1) is 5.65. The summed E-state index contributed by atoms with van der Waals surface area (Å²) in [6.07, 6.45) is -4.82. The maximum Gasteiger partial charge on any atom is 0.390 e. The second-order valence-corrected chi connectivity index (χ2v) is 4.17. The van der Waals surface area contributed by atoms with Gasteiger partial charge in [-0.05, 0) is 19.8 Å². The van der Waals surface area contributed by atoms with E-state index < -0.39 is 12.6 Å². The van der Waals surface area contributed by atoms with Crippen LogP contribution < -0.4 is 5.32 Å². The average molecular weight is 197 g/mol. The van der Waals surface area contributed by atoms with E-state index in [-0.39, 0.29) is 12.1 Å². The minimum Gasteiger partial charge on any atom is -0.311 e. The van der Waals surface area contributed by atoms with Crippen LogP contribution in [-0.2, 0) is 0 Å². The summed E-state index contributed by atoms with van der Waals surface area (Å²) in [6, 6.07) is 0. The van der Waals surface area contributed by atoms with E-state index in [2.05, 4.69) is 5.32 Å². The Bertz CT molecular complexity index is 149. The highest BCUT2D eigenvalue weighted by molar-refractivity contribution is 4.80. The van der Waals surface area contributed by atoms with Gasteiger partial charge in [0.05, 0.1) is 6.42 Å². The van der Waals surface area contributed by atoms with Gasteiger partial charge in [-0.2, -0.15) is 13.2 Å². The van der Waals surface area contributed by atoms with Crippen LogP contribution in [0.4, 0.5) is 13.2 Å². The second kappa shape index (κ2) is 4.31. The minimum atomic E-state index is -4.06. The zero-order valence-electron chi connectivity index (χ0n) is 8.63. The van der Waals surface area contributed by atoms with Crippen molar-refractivity contribution in [2.24, 2.45) is 5.92 Å².